The van der Waals surface area contributed by atoms with Gasteiger partial charge < -0.3 is 15.0 Å². The lowest BCUT2D eigenvalue weighted by molar-refractivity contribution is -0.125. The molecule has 174 valence electrons. The largest absolute Gasteiger partial charge is 0.437 e. The Bertz CT molecular complexity index is 1220. The van der Waals surface area contributed by atoms with Crippen molar-refractivity contribution in [3.05, 3.63) is 83.6 Å². The van der Waals surface area contributed by atoms with Gasteiger partial charge in [0.15, 0.2) is 0 Å². The lowest BCUT2D eigenvalue weighted by Crippen LogP contribution is -2.56. The molecule has 2 aliphatic rings. The van der Waals surface area contributed by atoms with Crippen molar-refractivity contribution >= 4 is 11.8 Å². The SMILES string of the molecule is Cc1ccc(Oc2ncccc2C(=O)N2C[C@@H](c3ccc(F)cc3)[C@@]3(CCCC(=O)N3)C2)cn1. The number of amides is 2. The standard InChI is InChI=1S/C26H25FN4O3/c1-17-6-11-20(14-29-17)34-24-21(4-3-13-28-24)25(33)31-15-22(18-7-9-19(27)10-8-18)26(16-31)12-2-5-23(32)30-26/h3-4,6-11,13-14,22H,2,5,12,15-16H2,1H3,(H,30,32)/t22-,26+/m0/s1. The number of halogens is 1. The van der Waals surface area contributed by atoms with E-state index in [0.29, 0.717) is 30.8 Å². The summed E-state index contributed by atoms with van der Waals surface area (Å²) in [6, 6.07) is 13.3. The zero-order chi connectivity index (χ0) is 23.7. The average Bonchev–Trinajstić information content (AvgIpc) is 3.19. The molecule has 34 heavy (non-hydrogen) atoms. The first kappa shape index (κ1) is 22.0. The van der Waals surface area contributed by atoms with E-state index >= 15 is 0 Å². The summed E-state index contributed by atoms with van der Waals surface area (Å²) in [6.45, 7) is 2.63. The van der Waals surface area contributed by atoms with Crippen molar-refractivity contribution in [2.24, 2.45) is 0 Å². The minimum absolute atomic E-state index is 0.0232. The fourth-order valence-corrected chi connectivity index (χ4v) is 4.96. The second-order valence-corrected chi connectivity index (χ2v) is 8.94. The number of nitrogens with one attached hydrogen (secondary N) is 1. The first-order chi connectivity index (χ1) is 16.4. The number of nitrogens with zero attached hydrogens (tertiary/aromatic N) is 3. The van der Waals surface area contributed by atoms with Crippen molar-refractivity contribution in [2.45, 2.75) is 37.6 Å². The fraction of sp³-hybridized carbons (Fsp3) is 0.308. The number of hydrogen-bond acceptors (Lipinski definition) is 5. The maximum atomic E-state index is 13.7. The molecule has 2 aromatic heterocycles. The van der Waals surface area contributed by atoms with E-state index in [0.717, 1.165) is 24.1 Å². The maximum absolute atomic E-state index is 13.7. The smallest absolute Gasteiger partial charge is 0.259 e. The van der Waals surface area contributed by atoms with E-state index in [1.807, 2.05) is 13.0 Å². The molecule has 2 aliphatic heterocycles. The number of likely N-dealkylation sites (tertiary alicyclic amines) is 1. The first-order valence-electron chi connectivity index (χ1n) is 11.3. The monoisotopic (exact) mass is 460 g/mol. The molecule has 2 fully saturated rings. The number of benzene rings is 1. The Labute approximate surface area is 197 Å². The van der Waals surface area contributed by atoms with Gasteiger partial charge in [0.05, 0.1) is 11.7 Å². The van der Waals surface area contributed by atoms with Gasteiger partial charge in [-0.15, -0.1) is 0 Å². The summed E-state index contributed by atoms with van der Waals surface area (Å²) in [6.07, 6.45) is 5.12. The van der Waals surface area contributed by atoms with Crippen molar-refractivity contribution in [2.75, 3.05) is 13.1 Å². The topological polar surface area (TPSA) is 84.4 Å². The van der Waals surface area contributed by atoms with E-state index < -0.39 is 5.54 Å². The molecular formula is C26H25FN4O3. The minimum Gasteiger partial charge on any atom is -0.437 e. The Kier molecular flexibility index (Phi) is 5.73. The highest BCUT2D eigenvalue weighted by atomic mass is 19.1. The van der Waals surface area contributed by atoms with Crippen LogP contribution in [0.4, 0.5) is 4.39 Å². The number of ether oxygens (including phenoxy) is 1. The van der Waals surface area contributed by atoms with Gasteiger partial charge in [0.2, 0.25) is 11.8 Å². The molecule has 1 spiro atoms. The van der Waals surface area contributed by atoms with Crippen LogP contribution in [0.2, 0.25) is 0 Å². The predicted molar refractivity (Wildman–Crippen MR) is 123 cm³/mol. The molecule has 0 unspecified atom stereocenters. The fourth-order valence-electron chi connectivity index (χ4n) is 4.96. The number of rotatable bonds is 4. The second kappa shape index (κ2) is 8.85. The number of pyridine rings is 2. The zero-order valence-electron chi connectivity index (χ0n) is 18.8. The normalized spacial score (nSPS) is 22.0. The Morgan fingerprint density at radius 3 is 2.74 bits per heavy atom. The van der Waals surface area contributed by atoms with Gasteiger partial charge in [-0.2, -0.15) is 0 Å². The number of aryl methyl sites for hydroxylation is 1. The summed E-state index contributed by atoms with van der Waals surface area (Å²) in [5.41, 5.74) is 1.49. The van der Waals surface area contributed by atoms with Crippen molar-refractivity contribution < 1.29 is 18.7 Å². The molecule has 5 rings (SSSR count). The number of carbonyl (C=O) groups is 2. The van der Waals surface area contributed by atoms with E-state index in [-0.39, 0.29) is 29.4 Å². The molecule has 0 radical (unpaired) electrons. The lowest BCUT2D eigenvalue weighted by atomic mass is 9.76. The average molecular weight is 461 g/mol. The number of hydrogen-bond donors (Lipinski definition) is 1. The van der Waals surface area contributed by atoms with Crippen molar-refractivity contribution in [1.29, 1.82) is 0 Å². The molecule has 1 N–H and O–H groups in total. The van der Waals surface area contributed by atoms with Crippen LogP contribution < -0.4 is 10.1 Å². The van der Waals surface area contributed by atoms with E-state index in [4.69, 9.17) is 4.74 Å². The molecule has 4 heterocycles. The first-order valence-corrected chi connectivity index (χ1v) is 11.3. The number of piperidine rings is 1. The molecule has 3 aromatic rings. The summed E-state index contributed by atoms with van der Waals surface area (Å²) >= 11 is 0. The third-order valence-electron chi connectivity index (χ3n) is 6.62. The van der Waals surface area contributed by atoms with E-state index in [9.17, 15) is 14.0 Å². The van der Waals surface area contributed by atoms with Crippen molar-refractivity contribution in [3.63, 3.8) is 0 Å². The van der Waals surface area contributed by atoms with Crippen LogP contribution in [0.3, 0.4) is 0 Å². The molecule has 1 aromatic carbocycles. The Balaban J connectivity index is 1.45. The van der Waals surface area contributed by atoms with E-state index in [1.54, 1.807) is 47.6 Å². The molecule has 2 amide bonds. The van der Waals surface area contributed by atoms with Gasteiger partial charge >= 0.3 is 0 Å². The molecule has 8 heteroatoms. The zero-order valence-corrected chi connectivity index (χ0v) is 18.8. The molecule has 2 atom stereocenters. The summed E-state index contributed by atoms with van der Waals surface area (Å²) < 4.78 is 19.5. The molecule has 0 saturated carbocycles. The molecule has 0 bridgehead atoms. The van der Waals surface area contributed by atoms with Gasteiger partial charge in [-0.25, -0.2) is 9.37 Å². The second-order valence-electron chi connectivity index (χ2n) is 8.94. The highest BCUT2D eigenvalue weighted by Gasteiger charge is 2.51. The van der Waals surface area contributed by atoms with Crippen LogP contribution in [0, 0.1) is 12.7 Å². The molecule has 7 nitrogen and oxygen atoms in total. The summed E-state index contributed by atoms with van der Waals surface area (Å²) in [4.78, 5) is 36.3. The molecular weight excluding hydrogens is 435 g/mol. The van der Waals surface area contributed by atoms with Crippen molar-refractivity contribution in [1.82, 2.24) is 20.2 Å². The van der Waals surface area contributed by atoms with E-state index in [1.165, 1.54) is 12.1 Å². The van der Waals surface area contributed by atoms with Gasteiger partial charge in [0.25, 0.3) is 5.91 Å². The van der Waals surface area contributed by atoms with Crippen LogP contribution >= 0.6 is 0 Å². The van der Waals surface area contributed by atoms with Gasteiger partial charge in [0.1, 0.15) is 17.1 Å². The molecule has 2 saturated heterocycles. The molecule has 0 aliphatic carbocycles. The van der Waals surface area contributed by atoms with Gasteiger partial charge in [-0.1, -0.05) is 12.1 Å². The van der Waals surface area contributed by atoms with Gasteiger partial charge in [0, 0.05) is 37.3 Å². The number of carbonyl (C=O) groups excluding carboxylic acids is 2. The number of aromatic nitrogens is 2. The highest BCUT2D eigenvalue weighted by Crippen LogP contribution is 2.42. The lowest BCUT2D eigenvalue weighted by Gasteiger charge is -2.39. The van der Waals surface area contributed by atoms with Crippen LogP contribution in [-0.2, 0) is 4.79 Å². The summed E-state index contributed by atoms with van der Waals surface area (Å²) in [5.74, 6) is -0.0372. The van der Waals surface area contributed by atoms with Gasteiger partial charge in [-0.3, -0.25) is 14.6 Å². The van der Waals surface area contributed by atoms with Crippen LogP contribution in [0.1, 0.15) is 46.8 Å². The third-order valence-corrected chi connectivity index (χ3v) is 6.62. The Hall–Kier alpha value is -3.81. The quantitative estimate of drug-likeness (QED) is 0.636. The van der Waals surface area contributed by atoms with Crippen LogP contribution in [0.5, 0.6) is 11.6 Å². The highest BCUT2D eigenvalue weighted by molar-refractivity contribution is 5.97. The minimum atomic E-state index is -0.590. The van der Waals surface area contributed by atoms with Crippen LogP contribution in [-0.4, -0.2) is 45.3 Å². The maximum Gasteiger partial charge on any atom is 0.259 e. The Morgan fingerprint density at radius 1 is 1.18 bits per heavy atom. The van der Waals surface area contributed by atoms with Gasteiger partial charge in [-0.05, 0) is 61.7 Å². The summed E-state index contributed by atoms with van der Waals surface area (Å²) in [7, 11) is 0. The van der Waals surface area contributed by atoms with Crippen molar-refractivity contribution in [3.8, 4) is 11.6 Å². The third kappa shape index (κ3) is 4.23. The predicted octanol–water partition coefficient (Wildman–Crippen LogP) is 3.99. The van der Waals surface area contributed by atoms with Crippen LogP contribution in [0.15, 0.2) is 60.9 Å². The van der Waals surface area contributed by atoms with Crippen LogP contribution in [0.25, 0.3) is 0 Å². The Morgan fingerprint density at radius 2 is 2.00 bits per heavy atom. The van der Waals surface area contributed by atoms with E-state index in [2.05, 4.69) is 15.3 Å². The summed E-state index contributed by atoms with van der Waals surface area (Å²) in [5, 5.41) is 3.17.